The van der Waals surface area contributed by atoms with Gasteiger partial charge in [0.2, 0.25) is 0 Å². The van der Waals surface area contributed by atoms with Crippen LogP contribution in [0.5, 0.6) is 0 Å². The van der Waals surface area contributed by atoms with E-state index < -0.39 is 17.7 Å². The largest absolute Gasteiger partial charge is 0.416 e. The van der Waals surface area contributed by atoms with Gasteiger partial charge in [0.1, 0.15) is 5.15 Å². The Labute approximate surface area is 178 Å². The van der Waals surface area contributed by atoms with Gasteiger partial charge in [-0.1, -0.05) is 46.6 Å². The predicted molar refractivity (Wildman–Crippen MR) is 105 cm³/mol. The van der Waals surface area contributed by atoms with E-state index >= 15 is 0 Å². The second-order valence-electron chi connectivity index (χ2n) is 6.08. The Morgan fingerprint density at radius 3 is 2.43 bits per heavy atom. The number of rotatable bonds is 5. The molecule has 0 aliphatic heterocycles. The van der Waals surface area contributed by atoms with Crippen LogP contribution in [0.25, 0.3) is 0 Å². The molecule has 0 saturated carbocycles. The highest BCUT2D eigenvalue weighted by molar-refractivity contribution is 6.40. The Morgan fingerprint density at radius 1 is 1.13 bits per heavy atom. The molecule has 1 heterocycles. The van der Waals surface area contributed by atoms with E-state index in [-0.39, 0.29) is 21.7 Å². The first kappa shape index (κ1) is 21.7. The van der Waals surface area contributed by atoms with Gasteiger partial charge in [0, 0.05) is 12.1 Å². The first-order valence-corrected chi connectivity index (χ1v) is 9.08. The Kier molecular flexibility index (Phi) is 6.33. The lowest BCUT2D eigenvalue weighted by Gasteiger charge is -2.07. The van der Waals surface area contributed by atoms with E-state index in [1.807, 2.05) is 6.07 Å². The van der Waals surface area contributed by atoms with E-state index in [4.69, 9.17) is 33.8 Å². The van der Waals surface area contributed by atoms with Crippen molar-refractivity contribution in [2.45, 2.75) is 12.7 Å². The lowest BCUT2D eigenvalue weighted by Crippen LogP contribution is -2.16. The number of benzene rings is 2. The molecule has 0 aliphatic rings. The molecule has 2 N–H and O–H groups in total. The van der Waals surface area contributed by atoms with Crippen molar-refractivity contribution in [3.05, 3.63) is 87.4 Å². The standard InChI is InChI=1S/C19H13Cl2F3N4O2/c20-15-16(21)28(10-26-15)9-11-2-1-3-13(8-11)17(25)27-30-18(29)12-4-6-14(7-5-12)19(22,23)24/h1-8,10H,9H2,(H2,25,27). The summed E-state index contributed by atoms with van der Waals surface area (Å²) < 4.78 is 39.4. The Morgan fingerprint density at radius 2 is 1.83 bits per heavy atom. The molecule has 6 nitrogen and oxygen atoms in total. The Bertz CT molecular complexity index is 1100. The molecule has 3 rings (SSSR count). The van der Waals surface area contributed by atoms with Gasteiger partial charge in [-0.25, -0.2) is 9.78 Å². The lowest BCUT2D eigenvalue weighted by molar-refractivity contribution is -0.137. The normalized spacial score (nSPS) is 12.1. The van der Waals surface area contributed by atoms with Crippen LogP contribution in [-0.2, 0) is 17.6 Å². The second-order valence-corrected chi connectivity index (χ2v) is 6.80. The molecule has 0 unspecified atom stereocenters. The quantitative estimate of drug-likeness (QED) is 0.260. The number of amidine groups is 1. The molecule has 0 amide bonds. The topological polar surface area (TPSA) is 82.5 Å². The SMILES string of the molecule is N/C(=N\OC(=O)c1ccc(C(F)(F)F)cc1)c1cccc(Cn2cnc(Cl)c2Cl)c1. The fourth-order valence-corrected chi connectivity index (χ4v) is 2.77. The second kappa shape index (κ2) is 8.76. The van der Waals surface area contributed by atoms with Crippen molar-refractivity contribution in [3.8, 4) is 0 Å². The zero-order valence-electron chi connectivity index (χ0n) is 15.0. The number of halogens is 5. The fraction of sp³-hybridized carbons (Fsp3) is 0.105. The predicted octanol–water partition coefficient (Wildman–Crippen LogP) is 4.73. The third-order valence-corrected chi connectivity index (χ3v) is 4.75. The number of oxime groups is 1. The molecule has 0 spiro atoms. The minimum Gasteiger partial charge on any atom is -0.380 e. The van der Waals surface area contributed by atoms with E-state index in [0.717, 1.165) is 29.8 Å². The first-order chi connectivity index (χ1) is 14.1. The highest BCUT2D eigenvalue weighted by Gasteiger charge is 2.30. The number of hydrogen-bond acceptors (Lipinski definition) is 4. The smallest absolute Gasteiger partial charge is 0.380 e. The van der Waals surface area contributed by atoms with Crippen molar-refractivity contribution in [2.75, 3.05) is 0 Å². The van der Waals surface area contributed by atoms with Crippen LogP contribution in [0.4, 0.5) is 13.2 Å². The monoisotopic (exact) mass is 456 g/mol. The third-order valence-electron chi connectivity index (χ3n) is 3.98. The van der Waals surface area contributed by atoms with Crippen LogP contribution in [0.15, 0.2) is 60.0 Å². The molecule has 0 aliphatic carbocycles. The summed E-state index contributed by atoms with van der Waals surface area (Å²) in [7, 11) is 0. The van der Waals surface area contributed by atoms with Crippen molar-refractivity contribution in [3.63, 3.8) is 0 Å². The van der Waals surface area contributed by atoms with Gasteiger partial charge in [-0.15, -0.1) is 0 Å². The highest BCUT2D eigenvalue weighted by Crippen LogP contribution is 2.29. The van der Waals surface area contributed by atoms with Gasteiger partial charge in [0.15, 0.2) is 11.0 Å². The highest BCUT2D eigenvalue weighted by atomic mass is 35.5. The van der Waals surface area contributed by atoms with Crippen molar-refractivity contribution in [2.24, 2.45) is 10.9 Å². The van der Waals surface area contributed by atoms with Gasteiger partial charge in [0.25, 0.3) is 0 Å². The Balaban J connectivity index is 1.69. The summed E-state index contributed by atoms with van der Waals surface area (Å²) in [4.78, 5) is 20.6. The summed E-state index contributed by atoms with van der Waals surface area (Å²) in [6, 6.07) is 10.4. The van der Waals surface area contributed by atoms with Crippen LogP contribution < -0.4 is 5.73 Å². The Hall–Kier alpha value is -3.04. The summed E-state index contributed by atoms with van der Waals surface area (Å²) in [5, 5.41) is 4.04. The van der Waals surface area contributed by atoms with Crippen LogP contribution in [0.1, 0.15) is 27.0 Å². The van der Waals surface area contributed by atoms with Crippen LogP contribution in [-0.4, -0.2) is 21.4 Å². The maximum Gasteiger partial charge on any atom is 0.416 e. The number of carbonyl (C=O) groups is 1. The zero-order chi connectivity index (χ0) is 21.9. The van der Waals surface area contributed by atoms with Crippen molar-refractivity contribution < 1.29 is 22.8 Å². The molecule has 30 heavy (non-hydrogen) atoms. The van der Waals surface area contributed by atoms with Crippen LogP contribution >= 0.6 is 23.2 Å². The molecule has 1 aromatic heterocycles. The average molecular weight is 457 g/mol. The third kappa shape index (κ3) is 5.11. The molecule has 0 fully saturated rings. The number of aromatic nitrogens is 2. The molecular formula is C19H13Cl2F3N4O2. The number of alkyl halides is 3. The van der Waals surface area contributed by atoms with E-state index in [1.54, 1.807) is 22.8 Å². The minimum absolute atomic E-state index is 0.0909. The number of nitrogens with zero attached hydrogens (tertiary/aromatic N) is 3. The van der Waals surface area contributed by atoms with E-state index in [0.29, 0.717) is 12.1 Å². The molecule has 0 saturated heterocycles. The maximum atomic E-state index is 12.6. The zero-order valence-corrected chi connectivity index (χ0v) is 16.5. The average Bonchev–Trinajstić information content (AvgIpc) is 3.03. The van der Waals surface area contributed by atoms with Crippen molar-refractivity contribution >= 4 is 35.0 Å². The molecule has 2 aromatic carbocycles. The molecule has 0 bridgehead atoms. The van der Waals surface area contributed by atoms with Gasteiger partial charge in [0.05, 0.1) is 17.5 Å². The van der Waals surface area contributed by atoms with Crippen LogP contribution in [0.3, 0.4) is 0 Å². The number of hydrogen-bond donors (Lipinski definition) is 1. The first-order valence-electron chi connectivity index (χ1n) is 8.32. The van der Waals surface area contributed by atoms with Gasteiger partial charge in [-0.3, -0.25) is 0 Å². The van der Waals surface area contributed by atoms with Crippen molar-refractivity contribution in [1.82, 2.24) is 9.55 Å². The van der Waals surface area contributed by atoms with E-state index in [9.17, 15) is 18.0 Å². The molecular weight excluding hydrogens is 444 g/mol. The lowest BCUT2D eigenvalue weighted by atomic mass is 10.1. The van der Waals surface area contributed by atoms with Crippen LogP contribution in [0.2, 0.25) is 10.3 Å². The number of imidazole rings is 1. The number of nitrogens with two attached hydrogens (primary N) is 1. The fourth-order valence-electron chi connectivity index (χ4n) is 2.47. The van der Waals surface area contributed by atoms with Crippen LogP contribution in [0, 0.1) is 0 Å². The molecule has 156 valence electrons. The van der Waals surface area contributed by atoms with E-state index in [2.05, 4.69) is 10.1 Å². The summed E-state index contributed by atoms with van der Waals surface area (Å²) in [6.07, 6.45) is -3.01. The number of carbonyl (C=O) groups excluding carboxylic acids is 1. The summed E-state index contributed by atoms with van der Waals surface area (Å²) in [5.74, 6) is -1.03. The molecule has 0 radical (unpaired) electrons. The maximum absolute atomic E-state index is 12.6. The summed E-state index contributed by atoms with van der Waals surface area (Å²) >= 11 is 11.9. The van der Waals surface area contributed by atoms with Gasteiger partial charge in [-0.05, 0) is 35.9 Å². The molecule has 3 aromatic rings. The van der Waals surface area contributed by atoms with Gasteiger partial charge < -0.3 is 15.1 Å². The van der Waals surface area contributed by atoms with E-state index in [1.165, 1.54) is 6.33 Å². The van der Waals surface area contributed by atoms with Gasteiger partial charge in [-0.2, -0.15) is 13.2 Å². The van der Waals surface area contributed by atoms with Gasteiger partial charge >= 0.3 is 12.1 Å². The summed E-state index contributed by atoms with van der Waals surface area (Å²) in [5.41, 5.74) is 6.15. The molecule has 11 heteroatoms. The summed E-state index contributed by atoms with van der Waals surface area (Å²) in [6.45, 7) is 0.366. The molecule has 0 atom stereocenters. The van der Waals surface area contributed by atoms with Crippen molar-refractivity contribution in [1.29, 1.82) is 0 Å². The minimum atomic E-state index is -4.50.